The first-order chi connectivity index (χ1) is 9.27. The van der Waals surface area contributed by atoms with Crippen LogP contribution in [0.25, 0.3) is 0 Å². The second kappa shape index (κ2) is 9.54. The Morgan fingerprint density at radius 2 is 1.68 bits per heavy atom. The molecule has 0 fully saturated rings. The minimum Gasteiger partial charge on any atom is -0.390 e. The van der Waals surface area contributed by atoms with E-state index in [4.69, 9.17) is 4.74 Å². The summed E-state index contributed by atoms with van der Waals surface area (Å²) in [5, 5.41) is 10.1. The van der Waals surface area contributed by atoms with Crippen LogP contribution in [0.15, 0.2) is 55.6 Å². The summed E-state index contributed by atoms with van der Waals surface area (Å²) in [6, 6.07) is 10.0. The highest BCUT2D eigenvalue weighted by atomic mass is 16.5. The fourth-order valence-corrected chi connectivity index (χ4v) is 1.92. The number of ether oxygens (including phenoxy) is 1. The van der Waals surface area contributed by atoms with Gasteiger partial charge in [0.05, 0.1) is 18.8 Å². The molecule has 1 N–H and O–H groups in total. The molecule has 0 bridgehead atoms. The van der Waals surface area contributed by atoms with Crippen LogP contribution in [0.2, 0.25) is 0 Å². The maximum Gasteiger partial charge on any atom is 0.0841 e. The van der Waals surface area contributed by atoms with E-state index in [9.17, 15) is 5.11 Å². The third kappa shape index (κ3) is 6.37. The van der Waals surface area contributed by atoms with E-state index in [1.54, 1.807) is 0 Å². The molecule has 0 saturated carbocycles. The van der Waals surface area contributed by atoms with Crippen molar-refractivity contribution in [3.63, 3.8) is 0 Å². The van der Waals surface area contributed by atoms with Gasteiger partial charge in [0.2, 0.25) is 0 Å². The number of hydrogen-bond donors (Lipinski definition) is 1. The molecule has 0 aliphatic carbocycles. The Morgan fingerprint density at radius 3 is 2.32 bits per heavy atom. The van der Waals surface area contributed by atoms with Gasteiger partial charge in [-0.25, -0.2) is 0 Å². The number of rotatable bonds is 10. The highest BCUT2D eigenvalue weighted by Crippen LogP contribution is 2.15. The first kappa shape index (κ1) is 15.7. The topological polar surface area (TPSA) is 29.5 Å². The van der Waals surface area contributed by atoms with Gasteiger partial charge in [-0.05, 0) is 31.2 Å². The lowest BCUT2D eigenvalue weighted by Crippen LogP contribution is -2.28. The molecule has 0 aromatic heterocycles. The zero-order valence-electron chi connectivity index (χ0n) is 11.5. The Labute approximate surface area is 116 Å². The fraction of sp³-hybridized carbons (Fsp3) is 0.412. The summed E-state index contributed by atoms with van der Waals surface area (Å²) in [5.41, 5.74) is 1.13. The van der Waals surface area contributed by atoms with Crippen molar-refractivity contribution in [2.45, 2.75) is 44.5 Å². The van der Waals surface area contributed by atoms with Crippen LogP contribution in [0.4, 0.5) is 0 Å². The Kier molecular flexibility index (Phi) is 7.87. The van der Waals surface area contributed by atoms with Gasteiger partial charge in [0.1, 0.15) is 0 Å². The summed E-state index contributed by atoms with van der Waals surface area (Å²) in [5.74, 6) is 0. The molecule has 0 amide bonds. The van der Waals surface area contributed by atoms with Gasteiger partial charge in [-0.2, -0.15) is 0 Å². The van der Waals surface area contributed by atoms with Gasteiger partial charge >= 0.3 is 0 Å². The first-order valence-electron chi connectivity index (χ1n) is 6.83. The molecule has 0 spiro atoms. The molecule has 1 rings (SSSR count). The van der Waals surface area contributed by atoms with Crippen LogP contribution in [-0.2, 0) is 11.3 Å². The summed E-state index contributed by atoms with van der Waals surface area (Å²) in [7, 11) is 0. The normalized spacial score (nSPS) is 13.7. The van der Waals surface area contributed by atoms with E-state index in [0.29, 0.717) is 13.0 Å². The molecule has 19 heavy (non-hydrogen) atoms. The molecule has 0 radical (unpaired) electrons. The van der Waals surface area contributed by atoms with E-state index in [0.717, 1.165) is 24.8 Å². The van der Waals surface area contributed by atoms with Crippen molar-refractivity contribution in [3.8, 4) is 0 Å². The lowest BCUT2D eigenvalue weighted by Gasteiger charge is -2.23. The van der Waals surface area contributed by atoms with Gasteiger partial charge < -0.3 is 9.84 Å². The first-order valence-corrected chi connectivity index (χ1v) is 6.83. The Bertz CT molecular complexity index is 359. The smallest absolute Gasteiger partial charge is 0.0841 e. The third-order valence-corrected chi connectivity index (χ3v) is 3.06. The quantitative estimate of drug-likeness (QED) is 0.647. The molecule has 1 aromatic rings. The lowest BCUT2D eigenvalue weighted by molar-refractivity contribution is -0.0516. The summed E-state index contributed by atoms with van der Waals surface area (Å²) in [4.78, 5) is 0. The second-order valence-electron chi connectivity index (χ2n) is 4.63. The summed E-state index contributed by atoms with van der Waals surface area (Å²) in [6.07, 6.45) is 6.25. The van der Waals surface area contributed by atoms with E-state index in [1.807, 2.05) is 42.5 Å². The monoisotopic (exact) mass is 260 g/mol. The van der Waals surface area contributed by atoms with Crippen LogP contribution >= 0.6 is 0 Å². The zero-order chi connectivity index (χ0) is 13.9. The predicted molar refractivity (Wildman–Crippen MR) is 79.9 cm³/mol. The van der Waals surface area contributed by atoms with Crippen molar-refractivity contribution in [1.82, 2.24) is 0 Å². The largest absolute Gasteiger partial charge is 0.390 e. The van der Waals surface area contributed by atoms with Crippen LogP contribution in [0, 0.1) is 0 Å². The van der Waals surface area contributed by atoms with Crippen molar-refractivity contribution in [2.75, 3.05) is 0 Å². The summed E-state index contributed by atoms with van der Waals surface area (Å²) in [6.45, 7) is 7.93. The standard InChI is InChI=1S/C17H24O2/c1-3-5-12-16(18)17(13-6-4-2)19-14-15-10-8-7-9-11-15/h3-4,7-11,16-18H,1-2,5-6,12-14H2/t16-,17+/m1/s1. The molecule has 2 heteroatoms. The third-order valence-electron chi connectivity index (χ3n) is 3.06. The number of benzene rings is 1. The van der Waals surface area contributed by atoms with Crippen molar-refractivity contribution < 1.29 is 9.84 Å². The van der Waals surface area contributed by atoms with Crippen molar-refractivity contribution in [2.24, 2.45) is 0 Å². The van der Waals surface area contributed by atoms with E-state index in [1.165, 1.54) is 0 Å². The van der Waals surface area contributed by atoms with Gasteiger partial charge in [0, 0.05) is 0 Å². The molecular weight excluding hydrogens is 236 g/mol. The number of aliphatic hydroxyl groups is 1. The maximum absolute atomic E-state index is 10.1. The van der Waals surface area contributed by atoms with Crippen LogP contribution in [0.1, 0.15) is 31.2 Å². The molecule has 104 valence electrons. The average molecular weight is 260 g/mol. The number of aliphatic hydroxyl groups excluding tert-OH is 1. The van der Waals surface area contributed by atoms with Crippen molar-refractivity contribution in [1.29, 1.82) is 0 Å². The average Bonchev–Trinajstić information content (AvgIpc) is 2.46. The lowest BCUT2D eigenvalue weighted by atomic mass is 10.0. The van der Waals surface area contributed by atoms with E-state index >= 15 is 0 Å². The fourth-order valence-electron chi connectivity index (χ4n) is 1.92. The van der Waals surface area contributed by atoms with Crippen LogP contribution in [0.3, 0.4) is 0 Å². The van der Waals surface area contributed by atoms with Gasteiger partial charge in [-0.1, -0.05) is 42.5 Å². The van der Waals surface area contributed by atoms with Crippen LogP contribution < -0.4 is 0 Å². The highest BCUT2D eigenvalue weighted by molar-refractivity contribution is 5.13. The SMILES string of the molecule is C=CCC[C@@H](O)[C@H](CCC=C)OCc1ccccc1. The highest BCUT2D eigenvalue weighted by Gasteiger charge is 2.18. The van der Waals surface area contributed by atoms with E-state index in [-0.39, 0.29) is 6.10 Å². The number of hydrogen-bond acceptors (Lipinski definition) is 2. The Morgan fingerprint density at radius 1 is 1.05 bits per heavy atom. The molecular formula is C17H24O2. The molecule has 2 nitrogen and oxygen atoms in total. The molecule has 0 unspecified atom stereocenters. The number of allylic oxidation sites excluding steroid dienone is 2. The van der Waals surface area contributed by atoms with Gasteiger partial charge in [-0.15, -0.1) is 13.2 Å². The predicted octanol–water partition coefficient (Wildman–Crippen LogP) is 3.87. The van der Waals surface area contributed by atoms with Gasteiger partial charge in [0.25, 0.3) is 0 Å². The molecule has 2 atom stereocenters. The summed E-state index contributed by atoms with van der Waals surface area (Å²) < 4.78 is 5.86. The maximum atomic E-state index is 10.1. The Hall–Kier alpha value is -1.38. The van der Waals surface area contributed by atoms with Gasteiger partial charge in [0.15, 0.2) is 0 Å². The van der Waals surface area contributed by atoms with Crippen molar-refractivity contribution in [3.05, 3.63) is 61.2 Å². The molecule has 0 aliphatic heterocycles. The van der Waals surface area contributed by atoms with E-state index < -0.39 is 6.10 Å². The second-order valence-corrected chi connectivity index (χ2v) is 4.63. The minimum absolute atomic E-state index is 0.141. The molecule has 1 aromatic carbocycles. The Balaban J connectivity index is 2.48. The van der Waals surface area contributed by atoms with Gasteiger partial charge in [-0.3, -0.25) is 0 Å². The van der Waals surface area contributed by atoms with Crippen LogP contribution in [-0.4, -0.2) is 17.3 Å². The molecule has 0 saturated heterocycles. The van der Waals surface area contributed by atoms with Crippen molar-refractivity contribution >= 4 is 0 Å². The van der Waals surface area contributed by atoms with Crippen LogP contribution in [0.5, 0.6) is 0 Å². The van der Waals surface area contributed by atoms with E-state index in [2.05, 4.69) is 13.2 Å². The molecule has 0 heterocycles. The zero-order valence-corrected chi connectivity index (χ0v) is 11.5. The molecule has 0 aliphatic rings. The summed E-state index contributed by atoms with van der Waals surface area (Å²) >= 11 is 0. The minimum atomic E-state index is -0.443.